The second-order valence-electron chi connectivity index (χ2n) is 6.33. The topological polar surface area (TPSA) is 58.6 Å². The Morgan fingerprint density at radius 1 is 1.36 bits per heavy atom. The highest BCUT2D eigenvalue weighted by Crippen LogP contribution is 2.23. The van der Waals surface area contributed by atoms with Crippen molar-refractivity contribution in [3.63, 3.8) is 0 Å². The lowest BCUT2D eigenvalue weighted by Crippen LogP contribution is -2.45. The van der Waals surface area contributed by atoms with Crippen LogP contribution in [-0.2, 0) is 9.53 Å². The first kappa shape index (κ1) is 16.6. The molecule has 1 N–H and O–H groups in total. The Morgan fingerprint density at radius 3 is 2.73 bits per heavy atom. The van der Waals surface area contributed by atoms with E-state index in [9.17, 15) is 9.59 Å². The number of carbonyl (C=O) groups excluding carboxylic acids is 2. The maximum Gasteiger partial charge on any atom is 0.410 e. The van der Waals surface area contributed by atoms with Crippen molar-refractivity contribution in [1.29, 1.82) is 0 Å². The highest BCUT2D eigenvalue weighted by atomic mass is 35.5. The zero-order valence-electron chi connectivity index (χ0n) is 13.1. The average molecular weight is 325 g/mol. The van der Waals surface area contributed by atoms with Crippen LogP contribution in [-0.4, -0.2) is 35.1 Å². The summed E-state index contributed by atoms with van der Waals surface area (Å²) >= 11 is 5.90. The van der Waals surface area contributed by atoms with Gasteiger partial charge in [0, 0.05) is 17.3 Å². The average Bonchev–Trinajstić information content (AvgIpc) is 2.85. The minimum atomic E-state index is -0.576. The van der Waals surface area contributed by atoms with Crippen LogP contribution in [0.15, 0.2) is 24.3 Å². The van der Waals surface area contributed by atoms with Crippen LogP contribution in [0.1, 0.15) is 33.6 Å². The minimum Gasteiger partial charge on any atom is -0.444 e. The number of anilines is 1. The van der Waals surface area contributed by atoms with Crippen LogP contribution >= 0.6 is 11.6 Å². The van der Waals surface area contributed by atoms with Gasteiger partial charge in [-0.25, -0.2) is 4.79 Å². The van der Waals surface area contributed by atoms with Crippen LogP contribution in [0.5, 0.6) is 0 Å². The number of rotatable bonds is 2. The predicted molar refractivity (Wildman–Crippen MR) is 86.0 cm³/mol. The Bertz CT molecular complexity index is 569. The first-order valence-electron chi connectivity index (χ1n) is 7.32. The zero-order chi connectivity index (χ0) is 16.3. The minimum absolute atomic E-state index is 0.217. The summed E-state index contributed by atoms with van der Waals surface area (Å²) in [5.41, 5.74) is 0.0433. The van der Waals surface area contributed by atoms with Gasteiger partial charge < -0.3 is 10.1 Å². The quantitative estimate of drug-likeness (QED) is 0.902. The van der Waals surface area contributed by atoms with Crippen molar-refractivity contribution in [1.82, 2.24) is 4.90 Å². The standard InChI is InChI=1S/C16H21ClN2O3/c1-16(2,3)22-15(21)19-9-5-8-13(19)14(20)18-12-7-4-6-11(17)10-12/h4,6-7,10,13H,5,8-9H2,1-3H3,(H,18,20)/t13-/m1/s1. The molecule has 1 aliphatic rings. The second kappa shape index (κ2) is 6.57. The van der Waals surface area contributed by atoms with E-state index in [0.29, 0.717) is 23.7 Å². The molecule has 120 valence electrons. The molecular weight excluding hydrogens is 304 g/mol. The number of ether oxygens (including phenoxy) is 1. The van der Waals surface area contributed by atoms with E-state index in [0.717, 1.165) is 6.42 Å². The van der Waals surface area contributed by atoms with E-state index < -0.39 is 17.7 Å². The van der Waals surface area contributed by atoms with Gasteiger partial charge in [-0.1, -0.05) is 17.7 Å². The smallest absolute Gasteiger partial charge is 0.410 e. The molecule has 2 rings (SSSR count). The maximum absolute atomic E-state index is 12.4. The van der Waals surface area contributed by atoms with E-state index in [-0.39, 0.29) is 5.91 Å². The van der Waals surface area contributed by atoms with E-state index >= 15 is 0 Å². The van der Waals surface area contributed by atoms with Crippen LogP contribution in [0.25, 0.3) is 0 Å². The first-order valence-corrected chi connectivity index (χ1v) is 7.70. The fourth-order valence-electron chi connectivity index (χ4n) is 2.37. The molecule has 1 aliphatic heterocycles. The summed E-state index contributed by atoms with van der Waals surface area (Å²) in [6.45, 7) is 5.95. The molecule has 0 saturated carbocycles. The molecule has 1 saturated heterocycles. The molecule has 0 aliphatic carbocycles. The normalized spacial score (nSPS) is 18.2. The Balaban J connectivity index is 2.03. The molecule has 0 aromatic heterocycles. The SMILES string of the molecule is CC(C)(C)OC(=O)N1CCC[C@@H]1C(=O)Nc1cccc(Cl)c1. The van der Waals surface area contributed by atoms with E-state index in [2.05, 4.69) is 5.32 Å². The number of halogens is 1. The summed E-state index contributed by atoms with van der Waals surface area (Å²) in [6, 6.07) is 6.43. The molecular formula is C16H21ClN2O3. The molecule has 22 heavy (non-hydrogen) atoms. The van der Waals surface area contributed by atoms with Gasteiger partial charge in [0.15, 0.2) is 0 Å². The molecule has 1 heterocycles. The highest BCUT2D eigenvalue weighted by Gasteiger charge is 2.36. The largest absolute Gasteiger partial charge is 0.444 e. The van der Waals surface area contributed by atoms with Gasteiger partial charge in [0.2, 0.25) is 5.91 Å². The summed E-state index contributed by atoms with van der Waals surface area (Å²) in [5.74, 6) is -0.217. The Hall–Kier alpha value is -1.75. The fourth-order valence-corrected chi connectivity index (χ4v) is 2.56. The van der Waals surface area contributed by atoms with Gasteiger partial charge in [-0.2, -0.15) is 0 Å². The molecule has 0 spiro atoms. The summed E-state index contributed by atoms with van der Waals surface area (Å²) in [7, 11) is 0. The number of hydrogen-bond donors (Lipinski definition) is 1. The number of likely N-dealkylation sites (tertiary alicyclic amines) is 1. The second-order valence-corrected chi connectivity index (χ2v) is 6.77. The van der Waals surface area contributed by atoms with Crippen molar-refractivity contribution in [3.8, 4) is 0 Å². The number of carbonyl (C=O) groups is 2. The molecule has 2 amide bonds. The monoisotopic (exact) mass is 324 g/mol. The number of amides is 2. The molecule has 0 bridgehead atoms. The van der Waals surface area contributed by atoms with Crippen molar-refractivity contribution in [2.24, 2.45) is 0 Å². The Morgan fingerprint density at radius 2 is 2.09 bits per heavy atom. The van der Waals surface area contributed by atoms with Crippen molar-refractivity contribution in [2.45, 2.75) is 45.3 Å². The van der Waals surface area contributed by atoms with Gasteiger partial charge in [-0.05, 0) is 51.8 Å². The molecule has 6 heteroatoms. The molecule has 0 unspecified atom stereocenters. The Kier molecular flexibility index (Phi) is 4.96. The number of nitrogens with zero attached hydrogens (tertiary/aromatic N) is 1. The lowest BCUT2D eigenvalue weighted by atomic mass is 10.2. The van der Waals surface area contributed by atoms with Crippen LogP contribution in [0.4, 0.5) is 10.5 Å². The summed E-state index contributed by atoms with van der Waals surface area (Å²) in [6.07, 6.45) is 0.967. The van der Waals surface area contributed by atoms with E-state index in [4.69, 9.17) is 16.3 Å². The highest BCUT2D eigenvalue weighted by molar-refractivity contribution is 6.30. The lowest BCUT2D eigenvalue weighted by molar-refractivity contribution is -0.120. The Labute approximate surface area is 135 Å². The van der Waals surface area contributed by atoms with E-state index in [1.165, 1.54) is 4.90 Å². The number of benzene rings is 1. The third kappa shape index (κ3) is 4.37. The van der Waals surface area contributed by atoms with Crippen LogP contribution in [0, 0.1) is 0 Å². The van der Waals surface area contributed by atoms with Crippen LogP contribution < -0.4 is 5.32 Å². The summed E-state index contributed by atoms with van der Waals surface area (Å²) in [4.78, 5) is 26.1. The molecule has 0 radical (unpaired) electrons. The van der Waals surface area contributed by atoms with Gasteiger partial charge in [0.05, 0.1) is 0 Å². The zero-order valence-corrected chi connectivity index (χ0v) is 13.8. The van der Waals surface area contributed by atoms with Gasteiger partial charge in [0.25, 0.3) is 0 Å². The predicted octanol–water partition coefficient (Wildman–Crippen LogP) is 3.68. The van der Waals surface area contributed by atoms with E-state index in [1.807, 2.05) is 20.8 Å². The first-order chi connectivity index (χ1) is 10.3. The number of nitrogens with one attached hydrogen (secondary N) is 1. The van der Waals surface area contributed by atoms with Gasteiger partial charge in [0.1, 0.15) is 11.6 Å². The van der Waals surface area contributed by atoms with Crippen molar-refractivity contribution in [3.05, 3.63) is 29.3 Å². The van der Waals surface area contributed by atoms with Gasteiger partial charge >= 0.3 is 6.09 Å². The summed E-state index contributed by atoms with van der Waals surface area (Å²) in [5, 5.41) is 3.35. The number of hydrogen-bond acceptors (Lipinski definition) is 3. The van der Waals surface area contributed by atoms with Crippen molar-refractivity contribution in [2.75, 3.05) is 11.9 Å². The van der Waals surface area contributed by atoms with Crippen LogP contribution in [0.3, 0.4) is 0 Å². The van der Waals surface area contributed by atoms with Crippen LogP contribution in [0.2, 0.25) is 5.02 Å². The molecule has 1 aromatic rings. The van der Waals surface area contributed by atoms with Gasteiger partial charge in [-0.15, -0.1) is 0 Å². The molecule has 1 aromatic carbocycles. The van der Waals surface area contributed by atoms with E-state index in [1.54, 1.807) is 24.3 Å². The summed E-state index contributed by atoms with van der Waals surface area (Å²) < 4.78 is 5.36. The van der Waals surface area contributed by atoms with Crippen molar-refractivity contribution >= 4 is 29.3 Å². The molecule has 1 fully saturated rings. The molecule has 1 atom stereocenters. The lowest BCUT2D eigenvalue weighted by Gasteiger charge is -2.28. The fraction of sp³-hybridized carbons (Fsp3) is 0.500. The third-order valence-corrected chi connectivity index (χ3v) is 3.51. The van der Waals surface area contributed by atoms with Crippen molar-refractivity contribution < 1.29 is 14.3 Å². The maximum atomic E-state index is 12.4. The van der Waals surface area contributed by atoms with Gasteiger partial charge in [-0.3, -0.25) is 9.69 Å². The third-order valence-electron chi connectivity index (χ3n) is 3.28. The molecule has 5 nitrogen and oxygen atoms in total.